The van der Waals surface area contributed by atoms with E-state index in [9.17, 15) is 0 Å². The summed E-state index contributed by atoms with van der Waals surface area (Å²) in [5.41, 5.74) is 2.49. The van der Waals surface area contributed by atoms with Gasteiger partial charge in [-0.25, -0.2) is 15.8 Å². The van der Waals surface area contributed by atoms with Gasteiger partial charge in [0, 0.05) is 20.7 Å². The maximum Gasteiger partial charge on any atom is 0.159 e. The molecule has 1 aromatic heterocycles. The largest absolute Gasteiger partial charge is 0.383 e. The summed E-state index contributed by atoms with van der Waals surface area (Å²) in [4.78, 5) is 10.1. The van der Waals surface area contributed by atoms with Gasteiger partial charge in [-0.05, 0) is 15.9 Å². The fraction of sp³-hybridized carbons (Fsp3) is 0.500. The molecule has 6 nitrogen and oxygen atoms in total. The van der Waals surface area contributed by atoms with Crippen molar-refractivity contribution in [2.75, 3.05) is 37.6 Å². The molecule has 15 heavy (non-hydrogen) atoms. The van der Waals surface area contributed by atoms with Crippen molar-refractivity contribution >= 4 is 27.6 Å². The molecule has 0 aliphatic carbocycles. The monoisotopic (exact) mass is 275 g/mol. The molecule has 0 aliphatic rings. The number of nitrogen functional groups attached to an aromatic ring is 1. The number of ether oxygens (including phenoxy) is 1. The Balaban J connectivity index is 2.83. The fourth-order valence-corrected chi connectivity index (χ4v) is 1.68. The van der Waals surface area contributed by atoms with E-state index in [1.54, 1.807) is 7.11 Å². The number of anilines is 2. The molecule has 3 N–H and O–H groups in total. The number of rotatable bonds is 5. The highest BCUT2D eigenvalue weighted by molar-refractivity contribution is 9.10. The van der Waals surface area contributed by atoms with E-state index in [-0.39, 0.29) is 0 Å². The predicted octanol–water partition coefficient (Wildman–Crippen LogP) is 0.607. The van der Waals surface area contributed by atoms with Crippen LogP contribution in [0.1, 0.15) is 0 Å². The van der Waals surface area contributed by atoms with Gasteiger partial charge < -0.3 is 15.1 Å². The number of hydrazine groups is 1. The first-order valence-corrected chi connectivity index (χ1v) is 5.17. The minimum absolute atomic E-state index is 0.560. The summed E-state index contributed by atoms with van der Waals surface area (Å²) in [6, 6.07) is 0. The van der Waals surface area contributed by atoms with Gasteiger partial charge >= 0.3 is 0 Å². The van der Waals surface area contributed by atoms with Gasteiger partial charge in [-0.1, -0.05) is 0 Å². The molecule has 1 heterocycles. The van der Waals surface area contributed by atoms with Crippen molar-refractivity contribution < 1.29 is 4.74 Å². The molecule has 0 aromatic carbocycles. The Morgan fingerprint density at radius 2 is 2.33 bits per heavy atom. The van der Waals surface area contributed by atoms with Crippen LogP contribution in [0, 0.1) is 0 Å². The van der Waals surface area contributed by atoms with Gasteiger partial charge in [-0.2, -0.15) is 0 Å². The van der Waals surface area contributed by atoms with E-state index in [4.69, 9.17) is 10.6 Å². The zero-order valence-electron chi connectivity index (χ0n) is 8.70. The van der Waals surface area contributed by atoms with E-state index < -0.39 is 0 Å². The number of likely N-dealkylation sites (N-methyl/N-ethyl adjacent to an activating group) is 1. The quantitative estimate of drug-likeness (QED) is 0.606. The highest BCUT2D eigenvalue weighted by Gasteiger charge is 2.11. The molecule has 0 unspecified atom stereocenters. The summed E-state index contributed by atoms with van der Waals surface area (Å²) in [6.45, 7) is 1.38. The smallest absolute Gasteiger partial charge is 0.159 e. The molecular formula is C8H14BrN5O. The molecule has 0 saturated carbocycles. The van der Waals surface area contributed by atoms with E-state index in [1.165, 1.54) is 6.33 Å². The van der Waals surface area contributed by atoms with Crippen LogP contribution >= 0.6 is 15.9 Å². The average Bonchev–Trinajstić information content (AvgIpc) is 2.26. The van der Waals surface area contributed by atoms with E-state index in [0.717, 1.165) is 16.8 Å². The number of hydrogen-bond donors (Lipinski definition) is 2. The lowest BCUT2D eigenvalue weighted by Crippen LogP contribution is -2.24. The minimum atomic E-state index is 0.560. The molecule has 0 aliphatic heterocycles. The normalized spacial score (nSPS) is 10.1. The van der Waals surface area contributed by atoms with E-state index >= 15 is 0 Å². The van der Waals surface area contributed by atoms with Gasteiger partial charge in [-0.3, -0.25) is 0 Å². The molecule has 0 atom stereocenters. The molecular weight excluding hydrogens is 262 g/mol. The minimum Gasteiger partial charge on any atom is -0.383 e. The van der Waals surface area contributed by atoms with Crippen LogP contribution in [0.3, 0.4) is 0 Å². The fourth-order valence-electron chi connectivity index (χ4n) is 1.06. The Labute approximate surface area is 96.9 Å². The highest BCUT2D eigenvalue weighted by atomic mass is 79.9. The molecule has 84 valence electrons. The Morgan fingerprint density at radius 1 is 1.60 bits per heavy atom. The van der Waals surface area contributed by atoms with Crippen LogP contribution in [-0.2, 0) is 4.74 Å². The molecule has 0 radical (unpaired) electrons. The Hall–Kier alpha value is -0.920. The summed E-state index contributed by atoms with van der Waals surface area (Å²) in [5.74, 6) is 6.64. The molecule has 0 saturated heterocycles. The number of nitrogens with zero attached hydrogens (tertiary/aromatic N) is 3. The summed E-state index contributed by atoms with van der Waals surface area (Å²) in [7, 11) is 3.59. The summed E-state index contributed by atoms with van der Waals surface area (Å²) < 4.78 is 5.73. The van der Waals surface area contributed by atoms with E-state index in [2.05, 4.69) is 31.3 Å². The zero-order chi connectivity index (χ0) is 11.3. The second-order valence-corrected chi connectivity index (χ2v) is 3.71. The zero-order valence-corrected chi connectivity index (χ0v) is 10.3. The lowest BCUT2D eigenvalue weighted by Gasteiger charge is -2.19. The molecule has 1 rings (SSSR count). The number of halogens is 1. The molecule has 0 amide bonds. The number of nitrogens with two attached hydrogens (primary N) is 1. The Morgan fingerprint density at radius 3 is 2.93 bits per heavy atom. The number of nitrogens with one attached hydrogen (secondary N) is 1. The van der Waals surface area contributed by atoms with Crippen molar-refractivity contribution in [3.05, 3.63) is 10.8 Å². The maximum absolute atomic E-state index is 5.31. The first-order valence-electron chi connectivity index (χ1n) is 4.38. The molecule has 0 spiro atoms. The van der Waals surface area contributed by atoms with Gasteiger partial charge in [0.15, 0.2) is 5.82 Å². The SMILES string of the molecule is COCCN(C)c1ncnc(NN)c1Br. The summed E-state index contributed by atoms with van der Waals surface area (Å²) in [5, 5.41) is 0. The van der Waals surface area contributed by atoms with E-state index in [1.807, 2.05) is 11.9 Å². The van der Waals surface area contributed by atoms with Gasteiger partial charge in [0.25, 0.3) is 0 Å². The van der Waals surface area contributed by atoms with Crippen LogP contribution in [0.15, 0.2) is 10.8 Å². The third-order valence-corrected chi connectivity index (χ3v) is 2.63. The van der Waals surface area contributed by atoms with Crippen LogP contribution in [-0.4, -0.2) is 37.3 Å². The second kappa shape index (κ2) is 5.84. The third-order valence-electron chi connectivity index (χ3n) is 1.90. The lowest BCUT2D eigenvalue weighted by atomic mass is 10.4. The highest BCUT2D eigenvalue weighted by Crippen LogP contribution is 2.27. The molecule has 0 fully saturated rings. The van der Waals surface area contributed by atoms with Crippen LogP contribution in [0.2, 0.25) is 0 Å². The number of aromatic nitrogens is 2. The topological polar surface area (TPSA) is 76.3 Å². The Bertz CT molecular complexity index is 322. The second-order valence-electron chi connectivity index (χ2n) is 2.92. The van der Waals surface area contributed by atoms with Gasteiger partial charge in [0.05, 0.1) is 6.61 Å². The molecule has 1 aromatic rings. The van der Waals surface area contributed by atoms with Crippen LogP contribution in [0.4, 0.5) is 11.6 Å². The van der Waals surface area contributed by atoms with Crippen LogP contribution < -0.4 is 16.2 Å². The van der Waals surface area contributed by atoms with Gasteiger partial charge in [0.1, 0.15) is 16.6 Å². The first kappa shape index (κ1) is 12.2. The van der Waals surface area contributed by atoms with Crippen molar-refractivity contribution in [1.29, 1.82) is 0 Å². The number of hydrogen-bond acceptors (Lipinski definition) is 6. The van der Waals surface area contributed by atoms with Crippen LogP contribution in [0.5, 0.6) is 0 Å². The van der Waals surface area contributed by atoms with Gasteiger partial charge in [0.2, 0.25) is 0 Å². The first-order chi connectivity index (χ1) is 7.20. The van der Waals surface area contributed by atoms with Crippen molar-refractivity contribution in [3.8, 4) is 0 Å². The Kier molecular flexibility index (Phi) is 4.73. The predicted molar refractivity (Wildman–Crippen MR) is 62.7 cm³/mol. The van der Waals surface area contributed by atoms with Crippen molar-refractivity contribution in [2.24, 2.45) is 5.84 Å². The molecule has 0 bridgehead atoms. The van der Waals surface area contributed by atoms with Crippen molar-refractivity contribution in [1.82, 2.24) is 9.97 Å². The van der Waals surface area contributed by atoms with Crippen molar-refractivity contribution in [3.63, 3.8) is 0 Å². The van der Waals surface area contributed by atoms with E-state index in [0.29, 0.717) is 12.4 Å². The maximum atomic E-state index is 5.31. The molecule has 7 heteroatoms. The number of methoxy groups -OCH3 is 1. The standard InChI is InChI=1S/C8H14BrN5O/c1-14(3-4-15-2)8-6(9)7(13-10)11-5-12-8/h5H,3-4,10H2,1-2H3,(H,11,12,13). The summed E-state index contributed by atoms with van der Waals surface area (Å²) in [6.07, 6.45) is 1.46. The van der Waals surface area contributed by atoms with Crippen molar-refractivity contribution in [2.45, 2.75) is 0 Å². The van der Waals surface area contributed by atoms with Crippen LogP contribution in [0.25, 0.3) is 0 Å². The lowest BCUT2D eigenvalue weighted by molar-refractivity contribution is 0.206. The average molecular weight is 276 g/mol. The summed E-state index contributed by atoms with van der Waals surface area (Å²) >= 11 is 3.38. The van der Waals surface area contributed by atoms with Gasteiger partial charge in [-0.15, -0.1) is 0 Å². The third kappa shape index (κ3) is 3.01.